The average molecular weight is 381 g/mol. The van der Waals surface area contributed by atoms with Gasteiger partial charge in [0.25, 0.3) is 11.6 Å². The lowest BCUT2D eigenvalue weighted by atomic mass is 9.97. The number of hydrogen-bond donors (Lipinski definition) is 1. The van der Waals surface area contributed by atoms with Crippen LogP contribution in [-0.4, -0.2) is 57.4 Å². The van der Waals surface area contributed by atoms with Crippen molar-refractivity contribution in [1.82, 2.24) is 25.2 Å². The second kappa shape index (κ2) is 8.72. The van der Waals surface area contributed by atoms with Crippen molar-refractivity contribution in [2.24, 2.45) is 5.92 Å². The van der Waals surface area contributed by atoms with Crippen LogP contribution in [-0.2, 0) is 0 Å². The Morgan fingerprint density at radius 1 is 1.38 bits per heavy atom. The van der Waals surface area contributed by atoms with Crippen molar-refractivity contribution in [3.05, 3.63) is 46.3 Å². The first-order valence-electron chi connectivity index (χ1n) is 8.19. The third-order valence-electron chi connectivity index (χ3n) is 4.41. The van der Waals surface area contributed by atoms with Crippen molar-refractivity contribution in [2.75, 3.05) is 26.7 Å². The van der Waals surface area contributed by atoms with Crippen molar-refractivity contribution in [1.29, 1.82) is 0 Å². The molecule has 0 bridgehead atoms. The molecule has 1 N–H and O–H groups in total. The Balaban J connectivity index is 0.00000243. The molecular formula is C16H21ClN6O3. The van der Waals surface area contributed by atoms with Crippen molar-refractivity contribution >= 4 is 24.0 Å². The number of nitrogens with zero attached hydrogens (tertiary/aromatic N) is 5. The Bertz CT molecular complexity index is 773. The van der Waals surface area contributed by atoms with Gasteiger partial charge in [0.2, 0.25) is 0 Å². The zero-order valence-corrected chi connectivity index (χ0v) is 15.2. The topological polar surface area (TPSA) is 106 Å². The van der Waals surface area contributed by atoms with Crippen LogP contribution in [0.4, 0.5) is 5.69 Å². The van der Waals surface area contributed by atoms with Crippen LogP contribution in [0.15, 0.2) is 30.5 Å². The number of nitro groups is 1. The summed E-state index contributed by atoms with van der Waals surface area (Å²) in [7, 11) is 1.93. The van der Waals surface area contributed by atoms with Gasteiger partial charge in [-0.15, -0.1) is 17.5 Å². The molecule has 26 heavy (non-hydrogen) atoms. The van der Waals surface area contributed by atoms with Gasteiger partial charge in [-0.3, -0.25) is 14.9 Å². The van der Waals surface area contributed by atoms with Crippen LogP contribution in [0.1, 0.15) is 23.3 Å². The van der Waals surface area contributed by atoms with Gasteiger partial charge < -0.3 is 10.2 Å². The second-order valence-electron chi connectivity index (χ2n) is 6.12. The Hall–Kier alpha value is -2.52. The molecule has 2 aromatic rings. The number of aromatic nitrogens is 3. The van der Waals surface area contributed by atoms with Gasteiger partial charge in [-0.1, -0.05) is 11.3 Å². The lowest BCUT2D eigenvalue weighted by Gasteiger charge is -2.31. The summed E-state index contributed by atoms with van der Waals surface area (Å²) in [6.07, 6.45) is 3.44. The lowest BCUT2D eigenvalue weighted by molar-refractivity contribution is -0.384. The lowest BCUT2D eigenvalue weighted by Crippen LogP contribution is -2.40. The van der Waals surface area contributed by atoms with Gasteiger partial charge in [-0.2, -0.15) is 0 Å². The predicted octanol–water partition coefficient (Wildman–Crippen LogP) is 1.67. The number of halogens is 1. The smallest absolute Gasteiger partial charge is 0.276 e. The second-order valence-corrected chi connectivity index (χ2v) is 6.12. The van der Waals surface area contributed by atoms with Crippen molar-refractivity contribution in [2.45, 2.75) is 12.8 Å². The van der Waals surface area contributed by atoms with E-state index in [1.54, 1.807) is 17.0 Å². The van der Waals surface area contributed by atoms with E-state index in [9.17, 15) is 14.9 Å². The fourth-order valence-electron chi connectivity index (χ4n) is 3.03. The summed E-state index contributed by atoms with van der Waals surface area (Å²) < 4.78 is 1.38. The molecule has 1 saturated heterocycles. The number of hydrogen-bond acceptors (Lipinski definition) is 6. The number of nitro benzene ring substituents is 1. The van der Waals surface area contributed by atoms with Crippen molar-refractivity contribution in [3.63, 3.8) is 0 Å². The van der Waals surface area contributed by atoms with E-state index in [0.717, 1.165) is 19.4 Å². The minimum atomic E-state index is -0.470. The van der Waals surface area contributed by atoms with Crippen LogP contribution in [0.3, 0.4) is 0 Å². The molecule has 0 radical (unpaired) electrons. The number of amides is 1. The van der Waals surface area contributed by atoms with E-state index in [1.807, 2.05) is 7.05 Å². The van der Waals surface area contributed by atoms with E-state index < -0.39 is 4.92 Å². The van der Waals surface area contributed by atoms with Crippen LogP contribution < -0.4 is 5.32 Å². The molecule has 3 rings (SSSR count). The number of benzene rings is 1. The van der Waals surface area contributed by atoms with E-state index in [1.165, 1.54) is 23.0 Å². The molecule has 0 saturated carbocycles. The number of likely N-dealkylation sites (tertiary alicyclic amines) is 1. The fraction of sp³-hybridized carbons (Fsp3) is 0.438. The molecule has 9 nitrogen and oxygen atoms in total. The summed E-state index contributed by atoms with van der Waals surface area (Å²) in [4.78, 5) is 24.8. The summed E-state index contributed by atoms with van der Waals surface area (Å²) in [5, 5.41) is 21.9. The first kappa shape index (κ1) is 19.8. The quantitative estimate of drug-likeness (QED) is 0.624. The standard InChI is InChI=1S/C16H20N6O3.ClH/c1-17-10-12-5-7-20(8-6-12)16(23)15-11-21(19-18-15)13-3-2-4-14(9-13)22(24)25;/h2-4,9,11-12,17H,5-8,10H2,1H3;1H. The first-order valence-corrected chi connectivity index (χ1v) is 8.19. The third-order valence-corrected chi connectivity index (χ3v) is 4.41. The normalized spacial score (nSPS) is 14.7. The fourth-order valence-corrected chi connectivity index (χ4v) is 3.03. The zero-order valence-electron chi connectivity index (χ0n) is 14.4. The first-order chi connectivity index (χ1) is 12.1. The molecule has 1 aromatic carbocycles. The van der Waals surface area contributed by atoms with Crippen LogP contribution in [0.25, 0.3) is 5.69 Å². The Morgan fingerprint density at radius 2 is 2.12 bits per heavy atom. The highest BCUT2D eigenvalue weighted by atomic mass is 35.5. The highest BCUT2D eigenvalue weighted by Gasteiger charge is 2.25. The highest BCUT2D eigenvalue weighted by molar-refractivity contribution is 5.92. The molecule has 2 heterocycles. The maximum Gasteiger partial charge on any atom is 0.276 e. The molecule has 0 spiro atoms. The van der Waals surface area contributed by atoms with E-state index in [-0.39, 0.29) is 29.7 Å². The monoisotopic (exact) mass is 380 g/mol. The molecule has 1 aliphatic rings. The van der Waals surface area contributed by atoms with Gasteiger partial charge in [-0.05, 0) is 38.4 Å². The maximum absolute atomic E-state index is 12.6. The minimum absolute atomic E-state index is 0. The number of rotatable bonds is 5. The number of piperidine rings is 1. The molecule has 0 atom stereocenters. The summed E-state index contributed by atoms with van der Waals surface area (Å²) in [5.74, 6) is 0.439. The number of carbonyl (C=O) groups is 1. The molecule has 10 heteroatoms. The maximum atomic E-state index is 12.6. The largest absolute Gasteiger partial charge is 0.337 e. The Kier molecular flexibility index (Phi) is 6.64. The van der Waals surface area contributed by atoms with E-state index in [2.05, 4.69) is 15.6 Å². The van der Waals surface area contributed by atoms with Crippen molar-refractivity contribution in [3.8, 4) is 5.69 Å². The van der Waals surface area contributed by atoms with Gasteiger partial charge in [0, 0.05) is 25.2 Å². The average Bonchev–Trinajstić information content (AvgIpc) is 3.12. The van der Waals surface area contributed by atoms with Gasteiger partial charge in [0.05, 0.1) is 16.8 Å². The highest BCUT2D eigenvalue weighted by Crippen LogP contribution is 2.19. The number of non-ortho nitro benzene ring substituents is 1. The number of nitrogens with one attached hydrogen (secondary N) is 1. The molecule has 140 valence electrons. The molecule has 0 unspecified atom stereocenters. The van der Waals surface area contributed by atoms with Crippen LogP contribution in [0.2, 0.25) is 0 Å². The van der Waals surface area contributed by atoms with E-state index in [4.69, 9.17) is 0 Å². The Labute approximate surface area is 156 Å². The Morgan fingerprint density at radius 3 is 2.77 bits per heavy atom. The third kappa shape index (κ3) is 4.36. The zero-order chi connectivity index (χ0) is 17.8. The predicted molar refractivity (Wildman–Crippen MR) is 97.8 cm³/mol. The van der Waals surface area contributed by atoms with Crippen molar-refractivity contribution < 1.29 is 9.72 Å². The molecule has 1 amide bonds. The van der Waals surface area contributed by atoms with Crippen LogP contribution in [0.5, 0.6) is 0 Å². The summed E-state index contributed by atoms with van der Waals surface area (Å²) in [6, 6.07) is 6.05. The SMILES string of the molecule is CNCC1CCN(C(=O)c2cn(-c3cccc([N+](=O)[O-])c3)nn2)CC1.Cl. The van der Waals surface area contributed by atoms with Gasteiger partial charge in [0.1, 0.15) is 0 Å². The van der Waals surface area contributed by atoms with Crippen LogP contribution >= 0.6 is 12.4 Å². The molecule has 1 aromatic heterocycles. The molecule has 1 aliphatic heterocycles. The van der Waals surface area contributed by atoms with Gasteiger partial charge in [-0.25, -0.2) is 4.68 Å². The summed E-state index contributed by atoms with van der Waals surface area (Å²) in [6.45, 7) is 2.37. The molecule has 1 fully saturated rings. The van der Waals surface area contributed by atoms with E-state index in [0.29, 0.717) is 24.7 Å². The van der Waals surface area contributed by atoms with Gasteiger partial charge >= 0.3 is 0 Å². The number of carbonyl (C=O) groups excluding carboxylic acids is 1. The summed E-state index contributed by atoms with van der Waals surface area (Å²) in [5.41, 5.74) is 0.708. The molecular weight excluding hydrogens is 360 g/mol. The van der Waals surface area contributed by atoms with Gasteiger partial charge in [0.15, 0.2) is 5.69 Å². The van der Waals surface area contributed by atoms with Crippen LogP contribution in [0, 0.1) is 16.0 Å². The minimum Gasteiger partial charge on any atom is -0.337 e. The molecule has 0 aliphatic carbocycles. The van der Waals surface area contributed by atoms with E-state index >= 15 is 0 Å². The summed E-state index contributed by atoms with van der Waals surface area (Å²) >= 11 is 0.